The maximum atomic E-state index is 12.7. The molecule has 5 heteroatoms. The number of benzene rings is 1. The molecule has 5 nitrogen and oxygen atoms in total. The monoisotopic (exact) mass is 327 g/mol. The maximum Gasteiger partial charge on any atom is 0.318 e. The van der Waals surface area contributed by atoms with Gasteiger partial charge in [0.05, 0.1) is 12.6 Å². The highest BCUT2D eigenvalue weighted by molar-refractivity contribution is 5.75. The van der Waals surface area contributed by atoms with Crippen LogP contribution in [0.3, 0.4) is 0 Å². The van der Waals surface area contributed by atoms with Gasteiger partial charge in [0.25, 0.3) is 0 Å². The van der Waals surface area contributed by atoms with Crippen LogP contribution in [0.1, 0.15) is 29.7 Å². The van der Waals surface area contributed by atoms with Gasteiger partial charge < -0.3 is 15.0 Å². The number of aromatic nitrogens is 1. The van der Waals surface area contributed by atoms with Gasteiger partial charge in [0.1, 0.15) is 0 Å². The molecule has 0 unspecified atom stereocenters. The third-order valence-electron chi connectivity index (χ3n) is 4.04. The molecule has 0 saturated carbocycles. The van der Waals surface area contributed by atoms with Crippen molar-refractivity contribution < 1.29 is 9.53 Å². The van der Waals surface area contributed by atoms with Crippen LogP contribution in [0.2, 0.25) is 0 Å². The van der Waals surface area contributed by atoms with Crippen molar-refractivity contribution in [3.8, 4) is 0 Å². The van der Waals surface area contributed by atoms with Crippen molar-refractivity contribution >= 4 is 6.03 Å². The molecule has 24 heavy (non-hydrogen) atoms. The Hall–Kier alpha value is -2.40. The standard InChI is InChI=1S/C19H25N3O2/c1-4-22(13-14-24-3)19(23)21-18(16-9-11-20-12-10-16)17-8-6-5-7-15(17)2/h5-12,18H,4,13-14H2,1-3H3,(H,21,23)/t18-/m0/s1. The van der Waals surface area contributed by atoms with Gasteiger partial charge in [0, 0.05) is 32.6 Å². The molecule has 1 N–H and O–H groups in total. The second-order valence-corrected chi connectivity index (χ2v) is 5.59. The number of rotatable bonds is 7. The number of hydrogen-bond acceptors (Lipinski definition) is 3. The average molecular weight is 327 g/mol. The molecule has 1 aromatic heterocycles. The Morgan fingerprint density at radius 3 is 2.58 bits per heavy atom. The SMILES string of the molecule is CCN(CCOC)C(=O)N[C@@H](c1ccncc1)c1ccccc1C. The predicted octanol–water partition coefficient (Wildman–Crippen LogP) is 3.16. The molecule has 0 spiro atoms. The highest BCUT2D eigenvalue weighted by Gasteiger charge is 2.21. The van der Waals surface area contributed by atoms with Crippen molar-refractivity contribution in [2.45, 2.75) is 19.9 Å². The van der Waals surface area contributed by atoms with Crippen molar-refractivity contribution in [1.82, 2.24) is 15.2 Å². The van der Waals surface area contributed by atoms with E-state index in [1.54, 1.807) is 24.4 Å². The first kappa shape index (κ1) is 17.9. The van der Waals surface area contributed by atoms with Crippen molar-refractivity contribution in [1.29, 1.82) is 0 Å². The normalized spacial score (nSPS) is 11.8. The average Bonchev–Trinajstić information content (AvgIpc) is 2.62. The summed E-state index contributed by atoms with van der Waals surface area (Å²) in [5.74, 6) is 0. The number of nitrogens with zero attached hydrogens (tertiary/aromatic N) is 2. The van der Waals surface area contributed by atoms with Gasteiger partial charge in [-0.2, -0.15) is 0 Å². The summed E-state index contributed by atoms with van der Waals surface area (Å²) < 4.78 is 5.09. The number of methoxy groups -OCH3 is 1. The molecular weight excluding hydrogens is 302 g/mol. The van der Waals surface area contributed by atoms with Gasteiger partial charge in [-0.15, -0.1) is 0 Å². The van der Waals surface area contributed by atoms with E-state index in [2.05, 4.69) is 23.3 Å². The van der Waals surface area contributed by atoms with Gasteiger partial charge in [0.15, 0.2) is 0 Å². The summed E-state index contributed by atoms with van der Waals surface area (Å²) in [6, 6.07) is 11.7. The van der Waals surface area contributed by atoms with Crippen LogP contribution in [0.5, 0.6) is 0 Å². The zero-order valence-corrected chi connectivity index (χ0v) is 14.5. The first-order valence-electron chi connectivity index (χ1n) is 8.17. The van der Waals surface area contributed by atoms with Gasteiger partial charge in [-0.05, 0) is 42.7 Å². The zero-order valence-electron chi connectivity index (χ0n) is 14.5. The number of nitrogens with one attached hydrogen (secondary N) is 1. The lowest BCUT2D eigenvalue weighted by Crippen LogP contribution is -2.43. The van der Waals surface area contributed by atoms with Gasteiger partial charge in [-0.3, -0.25) is 4.98 Å². The van der Waals surface area contributed by atoms with Crippen molar-refractivity contribution in [3.05, 3.63) is 65.5 Å². The lowest BCUT2D eigenvalue weighted by Gasteiger charge is -2.27. The Kier molecular flexibility index (Phi) is 6.75. The molecule has 2 aromatic rings. The molecule has 128 valence electrons. The van der Waals surface area contributed by atoms with Crippen LogP contribution in [-0.4, -0.2) is 42.7 Å². The zero-order chi connectivity index (χ0) is 17.4. The van der Waals surface area contributed by atoms with E-state index in [0.717, 1.165) is 16.7 Å². The van der Waals surface area contributed by atoms with Gasteiger partial charge in [-0.25, -0.2) is 4.79 Å². The number of carbonyl (C=O) groups excluding carboxylic acids is 1. The number of aryl methyl sites for hydroxylation is 1. The van der Waals surface area contributed by atoms with Crippen LogP contribution >= 0.6 is 0 Å². The Morgan fingerprint density at radius 1 is 1.25 bits per heavy atom. The topological polar surface area (TPSA) is 54.5 Å². The van der Waals surface area contributed by atoms with E-state index in [1.165, 1.54) is 0 Å². The number of urea groups is 1. The van der Waals surface area contributed by atoms with Crippen molar-refractivity contribution in [2.24, 2.45) is 0 Å². The summed E-state index contributed by atoms with van der Waals surface area (Å²) in [4.78, 5) is 18.5. The fourth-order valence-electron chi connectivity index (χ4n) is 2.63. The second-order valence-electron chi connectivity index (χ2n) is 5.59. The molecule has 0 bridgehead atoms. The molecular formula is C19H25N3O2. The summed E-state index contributed by atoms with van der Waals surface area (Å²) in [5, 5.41) is 3.15. The quantitative estimate of drug-likeness (QED) is 0.850. The highest BCUT2D eigenvalue weighted by Crippen LogP contribution is 2.24. The first-order chi connectivity index (χ1) is 11.7. The molecule has 1 heterocycles. The molecule has 0 fully saturated rings. The molecule has 0 aliphatic rings. The smallest absolute Gasteiger partial charge is 0.318 e. The number of amides is 2. The summed E-state index contributed by atoms with van der Waals surface area (Å²) in [6.45, 7) is 5.73. The minimum absolute atomic E-state index is 0.0976. The number of hydrogen-bond donors (Lipinski definition) is 1. The lowest BCUT2D eigenvalue weighted by atomic mass is 9.96. The molecule has 0 saturated heterocycles. The molecule has 0 aliphatic carbocycles. The largest absolute Gasteiger partial charge is 0.383 e. The van der Waals surface area contributed by atoms with Crippen LogP contribution < -0.4 is 5.32 Å². The van der Waals surface area contributed by atoms with Crippen molar-refractivity contribution in [2.75, 3.05) is 26.8 Å². The number of carbonyl (C=O) groups is 1. The summed E-state index contributed by atoms with van der Waals surface area (Å²) >= 11 is 0. The van der Waals surface area contributed by atoms with Crippen LogP contribution in [0.25, 0.3) is 0 Å². The Labute approximate surface area is 143 Å². The highest BCUT2D eigenvalue weighted by atomic mass is 16.5. The summed E-state index contributed by atoms with van der Waals surface area (Å²) in [5.41, 5.74) is 3.23. The molecule has 0 radical (unpaired) electrons. The van der Waals surface area contributed by atoms with Crippen LogP contribution in [-0.2, 0) is 4.74 Å². The molecule has 0 aliphatic heterocycles. The minimum Gasteiger partial charge on any atom is -0.383 e. The second kappa shape index (κ2) is 9.03. The first-order valence-corrected chi connectivity index (χ1v) is 8.17. The fraction of sp³-hybridized carbons (Fsp3) is 0.368. The predicted molar refractivity (Wildman–Crippen MR) is 94.9 cm³/mol. The van der Waals surface area contributed by atoms with Crippen molar-refractivity contribution in [3.63, 3.8) is 0 Å². The molecule has 2 rings (SSSR count). The van der Waals surface area contributed by atoms with E-state index in [1.807, 2.05) is 37.3 Å². The summed E-state index contributed by atoms with van der Waals surface area (Å²) in [7, 11) is 1.64. The number of likely N-dealkylation sites (N-methyl/N-ethyl adjacent to an activating group) is 1. The van der Waals surface area contributed by atoms with Gasteiger partial charge in [-0.1, -0.05) is 24.3 Å². The number of pyridine rings is 1. The third-order valence-corrected chi connectivity index (χ3v) is 4.04. The van der Waals surface area contributed by atoms with Crippen LogP contribution in [0, 0.1) is 6.92 Å². The lowest BCUT2D eigenvalue weighted by molar-refractivity contribution is 0.150. The minimum atomic E-state index is -0.210. The van der Waals surface area contributed by atoms with E-state index in [-0.39, 0.29) is 12.1 Å². The van der Waals surface area contributed by atoms with Crippen LogP contribution in [0.4, 0.5) is 4.79 Å². The molecule has 1 atom stereocenters. The van der Waals surface area contributed by atoms with Gasteiger partial charge in [0.2, 0.25) is 0 Å². The maximum absolute atomic E-state index is 12.7. The van der Waals surface area contributed by atoms with Gasteiger partial charge >= 0.3 is 6.03 Å². The Bertz CT molecular complexity index is 646. The van der Waals surface area contributed by atoms with E-state index >= 15 is 0 Å². The molecule has 2 amide bonds. The Balaban J connectivity index is 2.27. The number of ether oxygens (including phenoxy) is 1. The Morgan fingerprint density at radius 2 is 1.96 bits per heavy atom. The third kappa shape index (κ3) is 4.55. The van der Waals surface area contributed by atoms with E-state index in [9.17, 15) is 4.79 Å². The van der Waals surface area contributed by atoms with E-state index in [0.29, 0.717) is 19.7 Å². The molecule has 1 aromatic carbocycles. The van der Waals surface area contributed by atoms with E-state index < -0.39 is 0 Å². The van der Waals surface area contributed by atoms with Crippen LogP contribution in [0.15, 0.2) is 48.8 Å². The fourth-order valence-corrected chi connectivity index (χ4v) is 2.63. The van der Waals surface area contributed by atoms with E-state index in [4.69, 9.17) is 4.74 Å². The summed E-state index contributed by atoms with van der Waals surface area (Å²) in [6.07, 6.45) is 3.49.